The zero-order valence-electron chi connectivity index (χ0n) is 11.8. The summed E-state index contributed by atoms with van der Waals surface area (Å²) in [6.45, 7) is 1.86. The van der Waals surface area contributed by atoms with Gasteiger partial charge in [-0.25, -0.2) is 0 Å². The predicted octanol–water partition coefficient (Wildman–Crippen LogP) is 1.83. The van der Waals surface area contributed by atoms with Gasteiger partial charge in [-0.1, -0.05) is 5.69 Å². The average Bonchev–Trinajstić information content (AvgIpc) is 2.77. The molecule has 20 heavy (non-hydrogen) atoms. The summed E-state index contributed by atoms with van der Waals surface area (Å²) < 4.78 is 16.5. The summed E-state index contributed by atoms with van der Waals surface area (Å²) in [6.07, 6.45) is 0. The van der Waals surface area contributed by atoms with E-state index in [1.807, 2.05) is 35.0 Å². The fourth-order valence-corrected chi connectivity index (χ4v) is 2.11. The second kappa shape index (κ2) is 6.86. The van der Waals surface area contributed by atoms with Gasteiger partial charge in [0.25, 0.3) is 11.8 Å². The third kappa shape index (κ3) is 2.86. The number of benzene rings is 1. The molecular weight excluding hydrogens is 436 g/mol. The van der Waals surface area contributed by atoms with Gasteiger partial charge in [0.05, 0.1) is 13.8 Å². The maximum atomic E-state index is 5.69. The summed E-state index contributed by atoms with van der Waals surface area (Å²) in [6, 6.07) is 8.84. The standard InChI is InChI=1S/C13H15N2O3.CH3.Ir/c1-14-9-15(13-12(14)17-6-7-18-13)10-4-3-5-11(8-10)16-2;;/h3,5,8H,6-7,9H2,1-2H3;1H3;/q2*-1;. The van der Waals surface area contributed by atoms with Crippen LogP contribution in [-0.2, 0) is 29.6 Å². The van der Waals surface area contributed by atoms with Gasteiger partial charge in [-0.05, 0) is 0 Å². The first kappa shape index (κ1) is 16.7. The van der Waals surface area contributed by atoms with E-state index in [0.717, 1.165) is 23.2 Å². The average molecular weight is 455 g/mol. The minimum absolute atomic E-state index is 0. The summed E-state index contributed by atoms with van der Waals surface area (Å²) in [5.74, 6) is 2.35. The van der Waals surface area contributed by atoms with Gasteiger partial charge in [-0.3, -0.25) is 0 Å². The molecule has 6 heteroatoms. The third-order valence-electron chi connectivity index (χ3n) is 2.97. The molecule has 1 aromatic rings. The Morgan fingerprint density at radius 1 is 1.25 bits per heavy atom. The fraction of sp³-hybridized carbons (Fsp3) is 0.357. The van der Waals surface area contributed by atoms with Crippen LogP contribution in [0.5, 0.6) is 5.75 Å². The van der Waals surface area contributed by atoms with E-state index >= 15 is 0 Å². The van der Waals surface area contributed by atoms with E-state index in [1.165, 1.54) is 0 Å². The molecule has 3 rings (SSSR count). The van der Waals surface area contributed by atoms with Crippen LogP contribution in [0.2, 0.25) is 0 Å². The first-order valence-corrected chi connectivity index (χ1v) is 5.84. The van der Waals surface area contributed by atoms with Crippen LogP contribution in [0.3, 0.4) is 0 Å². The van der Waals surface area contributed by atoms with Crippen molar-refractivity contribution in [2.24, 2.45) is 0 Å². The molecule has 0 atom stereocenters. The molecular formula is C14H18IrN2O3-2. The third-order valence-corrected chi connectivity index (χ3v) is 2.97. The van der Waals surface area contributed by atoms with Crippen molar-refractivity contribution in [1.29, 1.82) is 0 Å². The van der Waals surface area contributed by atoms with Crippen LogP contribution in [0.15, 0.2) is 30.0 Å². The topological polar surface area (TPSA) is 34.2 Å². The van der Waals surface area contributed by atoms with Crippen LogP contribution in [-0.4, -0.2) is 38.9 Å². The molecule has 0 unspecified atom stereocenters. The Kier molecular flexibility index (Phi) is 5.72. The summed E-state index contributed by atoms with van der Waals surface area (Å²) >= 11 is 0. The molecule has 5 nitrogen and oxygen atoms in total. The number of anilines is 1. The molecule has 0 aliphatic carbocycles. The summed E-state index contributed by atoms with van der Waals surface area (Å²) in [5.41, 5.74) is 0.914. The van der Waals surface area contributed by atoms with E-state index in [2.05, 4.69) is 6.07 Å². The monoisotopic (exact) mass is 455 g/mol. The molecule has 1 radical (unpaired) electrons. The van der Waals surface area contributed by atoms with Crippen molar-refractivity contribution >= 4 is 5.69 Å². The molecule has 0 bridgehead atoms. The number of hydrogen-bond acceptors (Lipinski definition) is 5. The number of rotatable bonds is 2. The van der Waals surface area contributed by atoms with Gasteiger partial charge >= 0.3 is 0 Å². The molecule has 2 aliphatic rings. The van der Waals surface area contributed by atoms with Gasteiger partial charge in [0.2, 0.25) is 0 Å². The van der Waals surface area contributed by atoms with Crippen LogP contribution in [0.4, 0.5) is 5.69 Å². The Labute approximate surface area is 133 Å². The second-order valence-corrected chi connectivity index (χ2v) is 4.19. The molecule has 0 spiro atoms. The minimum atomic E-state index is 0. The van der Waals surface area contributed by atoms with Crippen LogP contribution in [0, 0.1) is 13.5 Å². The molecule has 0 saturated carbocycles. The van der Waals surface area contributed by atoms with Crippen LogP contribution < -0.4 is 9.64 Å². The Hall–Kier alpha value is -1.39. The maximum absolute atomic E-state index is 5.69. The molecule has 0 aromatic heterocycles. The SMILES string of the molecule is COc1cc[c-]c(N2CN(C)C3=C2OCCO3)c1.[CH3-].[Ir]. The molecule has 2 aliphatic heterocycles. The van der Waals surface area contributed by atoms with Crippen molar-refractivity contribution in [3.63, 3.8) is 0 Å². The summed E-state index contributed by atoms with van der Waals surface area (Å²) in [7, 11) is 3.63. The smallest absolute Gasteiger partial charge is 0.256 e. The van der Waals surface area contributed by atoms with Gasteiger partial charge in [-0.15, -0.1) is 12.1 Å². The van der Waals surface area contributed by atoms with Gasteiger partial charge in [-0.2, -0.15) is 12.1 Å². The van der Waals surface area contributed by atoms with Crippen molar-refractivity contribution in [3.8, 4) is 5.75 Å². The molecule has 113 valence electrons. The van der Waals surface area contributed by atoms with Crippen LogP contribution in [0.1, 0.15) is 0 Å². The van der Waals surface area contributed by atoms with Crippen LogP contribution >= 0.6 is 0 Å². The van der Waals surface area contributed by atoms with Crippen molar-refractivity contribution in [3.05, 3.63) is 43.5 Å². The second-order valence-electron chi connectivity index (χ2n) is 4.19. The fourth-order valence-electron chi connectivity index (χ4n) is 2.11. The first-order chi connectivity index (χ1) is 8.79. The Morgan fingerprint density at radius 3 is 2.65 bits per heavy atom. The largest absolute Gasteiger partial charge is 0.522 e. The number of hydrogen-bond donors (Lipinski definition) is 0. The van der Waals surface area contributed by atoms with E-state index in [9.17, 15) is 0 Å². The predicted molar refractivity (Wildman–Crippen MR) is 72.3 cm³/mol. The minimum Gasteiger partial charge on any atom is -0.522 e. The number of methoxy groups -OCH3 is 1. The summed E-state index contributed by atoms with van der Waals surface area (Å²) in [5, 5.41) is 0. The van der Waals surface area contributed by atoms with E-state index in [4.69, 9.17) is 14.2 Å². The van der Waals surface area contributed by atoms with Gasteiger partial charge in [0, 0.05) is 32.9 Å². The normalized spacial score (nSPS) is 16.5. The van der Waals surface area contributed by atoms with Crippen molar-refractivity contribution < 1.29 is 34.3 Å². The molecule has 1 aromatic carbocycles. The van der Waals surface area contributed by atoms with Crippen molar-refractivity contribution in [2.45, 2.75) is 0 Å². The molecule has 0 N–H and O–H groups in total. The van der Waals surface area contributed by atoms with Gasteiger partial charge < -0.3 is 31.4 Å². The maximum Gasteiger partial charge on any atom is 0.256 e. The Bertz CT molecular complexity index is 493. The van der Waals surface area contributed by atoms with E-state index in [0.29, 0.717) is 19.9 Å². The van der Waals surface area contributed by atoms with E-state index in [1.54, 1.807) is 7.11 Å². The van der Waals surface area contributed by atoms with Crippen molar-refractivity contribution in [2.75, 3.05) is 38.9 Å². The van der Waals surface area contributed by atoms with Crippen molar-refractivity contribution in [1.82, 2.24) is 4.90 Å². The van der Waals surface area contributed by atoms with Gasteiger partial charge in [0.1, 0.15) is 13.2 Å². The zero-order valence-corrected chi connectivity index (χ0v) is 14.2. The molecule has 0 fully saturated rings. The van der Waals surface area contributed by atoms with E-state index in [-0.39, 0.29) is 27.5 Å². The molecule has 2 heterocycles. The zero-order chi connectivity index (χ0) is 12.5. The first-order valence-electron chi connectivity index (χ1n) is 5.84. The Balaban J connectivity index is 0.000001000. The number of nitrogens with zero attached hydrogens (tertiary/aromatic N) is 2. The summed E-state index contributed by atoms with van der Waals surface area (Å²) in [4.78, 5) is 4.04. The van der Waals surface area contributed by atoms with Crippen LogP contribution in [0.25, 0.3) is 0 Å². The number of ether oxygens (including phenoxy) is 3. The van der Waals surface area contributed by atoms with E-state index < -0.39 is 0 Å². The Morgan fingerprint density at radius 2 is 1.95 bits per heavy atom. The quantitative estimate of drug-likeness (QED) is 0.637. The molecule has 0 saturated heterocycles. The van der Waals surface area contributed by atoms with Gasteiger partial charge in [0.15, 0.2) is 0 Å². The molecule has 0 amide bonds.